The zero-order valence-corrected chi connectivity index (χ0v) is 17.5. The Labute approximate surface area is 176 Å². The van der Waals surface area contributed by atoms with E-state index in [9.17, 15) is 17.6 Å². The standard InChI is InChI=1S/C19H17ClFN3O3S2/c20-14-8-13(5-6-15(14)21)22-18(25)7-11-1-3-12(4-2-11)23-19-24-16-9-29(26,27)10-17(16)28-19/h1-6,8,16-17H,7,9-10H2,(H,22,25)(H,23,24)/t16-,17-/m0/s1. The van der Waals surface area contributed by atoms with Crippen molar-refractivity contribution in [2.45, 2.75) is 17.7 Å². The monoisotopic (exact) mass is 453 g/mol. The summed E-state index contributed by atoms with van der Waals surface area (Å²) in [5.41, 5.74) is 2.06. The third-order valence-corrected chi connectivity index (χ3v) is 8.02. The molecule has 0 bridgehead atoms. The Balaban J connectivity index is 1.32. The van der Waals surface area contributed by atoms with Gasteiger partial charge < -0.3 is 10.6 Å². The van der Waals surface area contributed by atoms with Gasteiger partial charge in [0.25, 0.3) is 0 Å². The van der Waals surface area contributed by atoms with Gasteiger partial charge in [0.05, 0.1) is 29.0 Å². The Morgan fingerprint density at radius 2 is 1.90 bits per heavy atom. The van der Waals surface area contributed by atoms with E-state index >= 15 is 0 Å². The van der Waals surface area contributed by atoms with Gasteiger partial charge in [-0.05, 0) is 35.9 Å². The van der Waals surface area contributed by atoms with Crippen LogP contribution in [-0.4, -0.2) is 42.3 Å². The fourth-order valence-electron chi connectivity index (χ4n) is 3.21. The van der Waals surface area contributed by atoms with E-state index in [1.165, 1.54) is 30.0 Å². The number of amidine groups is 1. The lowest BCUT2D eigenvalue weighted by Gasteiger charge is -2.09. The van der Waals surface area contributed by atoms with Crippen LogP contribution in [0, 0.1) is 5.82 Å². The number of aliphatic imine (C=N–C) groups is 1. The molecule has 0 spiro atoms. The van der Waals surface area contributed by atoms with E-state index in [0.29, 0.717) is 10.9 Å². The molecule has 0 unspecified atom stereocenters. The maximum Gasteiger partial charge on any atom is 0.228 e. The summed E-state index contributed by atoms with van der Waals surface area (Å²) in [6.45, 7) is 0. The van der Waals surface area contributed by atoms with Crippen LogP contribution in [0.1, 0.15) is 5.56 Å². The maximum absolute atomic E-state index is 13.2. The van der Waals surface area contributed by atoms with Crippen molar-refractivity contribution >= 4 is 55.6 Å². The topological polar surface area (TPSA) is 87.6 Å². The van der Waals surface area contributed by atoms with Gasteiger partial charge in [-0.25, -0.2) is 12.8 Å². The molecule has 0 aliphatic carbocycles. The highest BCUT2D eigenvalue weighted by Crippen LogP contribution is 2.34. The lowest BCUT2D eigenvalue weighted by atomic mass is 10.1. The van der Waals surface area contributed by atoms with Crippen molar-refractivity contribution in [3.8, 4) is 0 Å². The normalized spacial score (nSPS) is 22.1. The number of halogens is 2. The summed E-state index contributed by atoms with van der Waals surface area (Å²) in [7, 11) is -2.97. The van der Waals surface area contributed by atoms with Crippen LogP contribution in [0.25, 0.3) is 0 Å². The molecule has 6 nitrogen and oxygen atoms in total. The van der Waals surface area contributed by atoms with Gasteiger partial charge in [0.1, 0.15) is 5.82 Å². The van der Waals surface area contributed by atoms with Crippen LogP contribution in [0.4, 0.5) is 15.8 Å². The van der Waals surface area contributed by atoms with Gasteiger partial charge >= 0.3 is 0 Å². The average Bonchev–Trinajstić information content (AvgIpc) is 3.12. The first-order valence-corrected chi connectivity index (χ1v) is 11.9. The fourth-order valence-corrected chi connectivity index (χ4v) is 7.07. The molecule has 2 N–H and O–H groups in total. The van der Waals surface area contributed by atoms with Crippen molar-refractivity contribution in [3.05, 3.63) is 58.9 Å². The number of thioether (sulfide) groups is 1. The summed E-state index contributed by atoms with van der Waals surface area (Å²) in [5, 5.41) is 6.54. The highest BCUT2D eigenvalue weighted by Gasteiger charge is 2.42. The fraction of sp³-hybridized carbons (Fsp3) is 0.263. The summed E-state index contributed by atoms with van der Waals surface area (Å²) in [5.74, 6) is -0.491. The molecule has 2 aliphatic rings. The summed E-state index contributed by atoms with van der Waals surface area (Å²) < 4.78 is 36.4. The third-order valence-electron chi connectivity index (χ3n) is 4.59. The zero-order chi connectivity index (χ0) is 20.6. The zero-order valence-electron chi connectivity index (χ0n) is 15.1. The van der Waals surface area contributed by atoms with Gasteiger partial charge in [-0.2, -0.15) is 0 Å². The van der Waals surface area contributed by atoms with E-state index in [0.717, 1.165) is 11.3 Å². The van der Waals surface area contributed by atoms with Crippen LogP contribution in [0.5, 0.6) is 0 Å². The Kier molecular flexibility index (Phi) is 5.54. The van der Waals surface area contributed by atoms with Crippen LogP contribution < -0.4 is 10.6 Å². The molecule has 0 radical (unpaired) electrons. The van der Waals surface area contributed by atoms with Crippen molar-refractivity contribution in [3.63, 3.8) is 0 Å². The molecule has 0 saturated carbocycles. The number of carbonyl (C=O) groups is 1. The number of rotatable bonds is 4. The predicted molar refractivity (Wildman–Crippen MR) is 115 cm³/mol. The molecule has 10 heteroatoms. The second-order valence-electron chi connectivity index (χ2n) is 6.91. The number of anilines is 2. The Hall–Kier alpha value is -2.10. The Morgan fingerprint density at radius 1 is 1.17 bits per heavy atom. The quantitative estimate of drug-likeness (QED) is 0.741. The molecule has 1 saturated heterocycles. The van der Waals surface area contributed by atoms with Crippen LogP contribution in [-0.2, 0) is 21.1 Å². The number of nitrogens with zero attached hydrogens (tertiary/aromatic N) is 1. The Morgan fingerprint density at radius 3 is 2.59 bits per heavy atom. The molecular weight excluding hydrogens is 437 g/mol. The van der Waals surface area contributed by atoms with Crippen molar-refractivity contribution < 1.29 is 17.6 Å². The molecule has 4 rings (SSSR count). The van der Waals surface area contributed by atoms with E-state index in [1.54, 1.807) is 0 Å². The molecule has 2 aromatic rings. The number of amides is 1. The summed E-state index contributed by atoms with van der Waals surface area (Å²) >= 11 is 7.17. The molecule has 2 heterocycles. The number of nitrogens with one attached hydrogen (secondary N) is 2. The molecular formula is C19H17ClFN3O3S2. The molecule has 2 atom stereocenters. The van der Waals surface area contributed by atoms with Gasteiger partial charge in [-0.1, -0.05) is 35.5 Å². The highest BCUT2D eigenvalue weighted by atomic mass is 35.5. The van der Waals surface area contributed by atoms with Gasteiger partial charge in [-0.3, -0.25) is 9.79 Å². The lowest BCUT2D eigenvalue weighted by Crippen LogP contribution is -2.14. The number of sulfone groups is 1. The van der Waals surface area contributed by atoms with Crippen molar-refractivity contribution in [2.75, 3.05) is 22.1 Å². The summed E-state index contributed by atoms with van der Waals surface area (Å²) in [6, 6.07) is 11.2. The van der Waals surface area contributed by atoms with Crippen molar-refractivity contribution in [1.82, 2.24) is 0 Å². The molecule has 152 valence electrons. The Bertz CT molecular complexity index is 1090. The van der Waals surface area contributed by atoms with Crippen molar-refractivity contribution in [1.29, 1.82) is 0 Å². The van der Waals surface area contributed by atoms with Crippen molar-refractivity contribution in [2.24, 2.45) is 4.99 Å². The minimum absolute atomic E-state index is 0.00886. The number of hydrogen-bond acceptors (Lipinski definition) is 6. The molecule has 2 aromatic carbocycles. The van der Waals surface area contributed by atoms with E-state index in [4.69, 9.17) is 11.6 Å². The number of fused-ring (bicyclic) bond motifs is 1. The summed E-state index contributed by atoms with van der Waals surface area (Å²) in [4.78, 5) is 16.6. The van der Waals surface area contributed by atoms with E-state index in [-0.39, 0.29) is 40.1 Å². The molecule has 0 aromatic heterocycles. The van der Waals surface area contributed by atoms with Crippen LogP contribution in [0.3, 0.4) is 0 Å². The molecule has 1 amide bonds. The van der Waals surface area contributed by atoms with E-state index < -0.39 is 15.7 Å². The first-order chi connectivity index (χ1) is 13.8. The smallest absolute Gasteiger partial charge is 0.228 e. The van der Waals surface area contributed by atoms with Gasteiger partial charge in [0.15, 0.2) is 15.0 Å². The highest BCUT2D eigenvalue weighted by molar-refractivity contribution is 8.15. The predicted octanol–water partition coefficient (Wildman–Crippen LogP) is 3.34. The number of hydrogen-bond donors (Lipinski definition) is 2. The van der Waals surface area contributed by atoms with Crippen LogP contribution in [0.2, 0.25) is 5.02 Å². The molecule has 2 aliphatic heterocycles. The van der Waals surface area contributed by atoms with E-state index in [2.05, 4.69) is 15.6 Å². The maximum atomic E-state index is 13.2. The number of carbonyl (C=O) groups excluding carboxylic acids is 1. The molecule has 1 fully saturated rings. The second kappa shape index (κ2) is 7.97. The van der Waals surface area contributed by atoms with Gasteiger partial charge in [0.2, 0.25) is 5.91 Å². The van der Waals surface area contributed by atoms with E-state index in [1.807, 2.05) is 24.3 Å². The van der Waals surface area contributed by atoms with Gasteiger partial charge in [-0.15, -0.1) is 0 Å². The average molecular weight is 454 g/mol. The third kappa shape index (κ3) is 4.91. The minimum Gasteiger partial charge on any atom is -0.335 e. The SMILES string of the molecule is O=C(Cc1ccc(NC2=N[C@H]3CS(=O)(=O)C[C@@H]3S2)cc1)Nc1ccc(F)c(Cl)c1. The minimum atomic E-state index is -2.97. The van der Waals surface area contributed by atoms with Crippen LogP contribution in [0.15, 0.2) is 47.5 Å². The molecule has 29 heavy (non-hydrogen) atoms. The second-order valence-corrected chi connectivity index (χ2v) is 10.7. The lowest BCUT2D eigenvalue weighted by molar-refractivity contribution is -0.115. The first-order valence-electron chi connectivity index (χ1n) is 8.83. The largest absolute Gasteiger partial charge is 0.335 e. The van der Waals surface area contributed by atoms with Gasteiger partial charge in [0, 0.05) is 16.6 Å². The number of benzene rings is 2. The van der Waals surface area contributed by atoms with Crippen LogP contribution >= 0.6 is 23.4 Å². The summed E-state index contributed by atoms with van der Waals surface area (Å²) in [6.07, 6.45) is 0.160. The first kappa shape index (κ1) is 20.2.